The summed E-state index contributed by atoms with van der Waals surface area (Å²) in [6.07, 6.45) is 0. The summed E-state index contributed by atoms with van der Waals surface area (Å²) in [4.78, 5) is 0. The molecule has 1 N–H and O–H groups in total. The Morgan fingerprint density at radius 2 is 1.05 bits per heavy atom. The average molecular weight is 556 g/mol. The largest absolute Gasteiger partial charge is 2.00 e. The Morgan fingerprint density at radius 3 is 1.55 bits per heavy atom. The van der Waals surface area contributed by atoms with Gasteiger partial charge in [0.25, 0.3) is 0 Å². The van der Waals surface area contributed by atoms with Crippen molar-refractivity contribution < 1.29 is 21.6 Å². The van der Waals surface area contributed by atoms with E-state index in [-0.39, 0.29) is 23.9 Å². The zero-order valence-electron chi connectivity index (χ0n) is 21.2. The normalized spacial score (nSPS) is 10.0. The van der Waals surface area contributed by atoms with Crippen LogP contribution in [0.5, 0.6) is 5.75 Å². The third kappa shape index (κ3) is 6.59. The summed E-state index contributed by atoms with van der Waals surface area (Å²) in [7, 11) is -1.35. The van der Waals surface area contributed by atoms with Crippen molar-refractivity contribution in [3.63, 3.8) is 0 Å². The number of aromatic hydroxyl groups is 1. The van der Waals surface area contributed by atoms with Crippen molar-refractivity contribution in [3.05, 3.63) is 165 Å². The van der Waals surface area contributed by atoms with Gasteiger partial charge in [0.15, 0.2) is 5.75 Å². The number of rotatable bonds is 4. The van der Waals surface area contributed by atoms with Crippen molar-refractivity contribution in [1.82, 2.24) is 0 Å². The molecule has 6 rings (SSSR count). The molecule has 0 aliphatic carbocycles. The van der Waals surface area contributed by atoms with Crippen LogP contribution in [0, 0.1) is 13.5 Å². The van der Waals surface area contributed by atoms with E-state index in [0.717, 1.165) is 27.2 Å². The molecule has 0 aromatic heterocycles. The molecule has 190 valence electrons. The van der Waals surface area contributed by atoms with Crippen molar-refractivity contribution in [2.75, 3.05) is 0 Å². The number of hydrogen-bond donors (Lipinski definition) is 1. The van der Waals surface area contributed by atoms with E-state index in [1.165, 1.54) is 10.6 Å². The van der Waals surface area contributed by atoms with E-state index in [2.05, 4.69) is 97.1 Å². The summed E-state index contributed by atoms with van der Waals surface area (Å²) in [5.74, 6) is 0.397. The Labute approximate surface area is 237 Å². The number of phenols is 1. The first-order valence-electron chi connectivity index (χ1n) is 12.0. The molecule has 0 bridgehead atoms. The molecule has 3 heteroatoms. The first kappa shape index (κ1) is 28.9. The molecule has 0 unspecified atom stereocenters. The summed E-state index contributed by atoms with van der Waals surface area (Å²) in [5, 5.41) is 17.1. The summed E-state index contributed by atoms with van der Waals surface area (Å²) in [6.45, 7) is 0. The average Bonchev–Trinajstić information content (AvgIpc) is 2.97. The van der Waals surface area contributed by atoms with Gasteiger partial charge in [0.05, 0.1) is 0 Å². The van der Waals surface area contributed by atoms with Gasteiger partial charge in [0.2, 0.25) is 0 Å². The van der Waals surface area contributed by atoms with E-state index in [9.17, 15) is 5.11 Å². The van der Waals surface area contributed by atoms with Gasteiger partial charge in [-0.25, -0.2) is 0 Å². The molecule has 0 radical (unpaired) electrons. The standard InChI is InChI=1S/C28H21OP.C6H5.CH3.Ni/c29-28-26(30(23-14-6-2-7-15-23)24-16-8-3-9-17-24)20-19-22-13-10-18-25(27(22)28)21-11-4-1-5-12-21;1-2-4-6-5-3-1;;/h1-20,29H;1-5H;1H3;/q;2*-1;+2/p+1. The van der Waals surface area contributed by atoms with Crippen LogP contribution >= 0.6 is 7.92 Å². The van der Waals surface area contributed by atoms with Gasteiger partial charge in [-0.15, -0.1) is 0 Å². The molecule has 0 heterocycles. The maximum atomic E-state index is 11.6. The molecular weight excluding hydrogens is 526 g/mol. The van der Waals surface area contributed by atoms with E-state index in [1.807, 2.05) is 60.7 Å². The Morgan fingerprint density at radius 1 is 0.526 bits per heavy atom. The Balaban J connectivity index is 0.000000444. The molecule has 6 aromatic carbocycles. The van der Waals surface area contributed by atoms with Gasteiger partial charge in [-0.1, -0.05) is 91.0 Å². The van der Waals surface area contributed by atoms with Crippen LogP contribution in [-0.2, 0) is 16.5 Å². The molecule has 0 aliphatic heterocycles. The van der Waals surface area contributed by atoms with Gasteiger partial charge < -0.3 is 12.5 Å². The zero-order chi connectivity index (χ0) is 24.6. The first-order chi connectivity index (χ1) is 17.8. The van der Waals surface area contributed by atoms with Gasteiger partial charge >= 0.3 is 16.5 Å². The van der Waals surface area contributed by atoms with E-state index >= 15 is 0 Å². The molecule has 1 nitrogen and oxygen atoms in total. The molecule has 0 amide bonds. The molecule has 0 spiro atoms. The minimum Gasteiger partial charge on any atom is -0.504 e. The minimum absolute atomic E-state index is 0. The van der Waals surface area contributed by atoms with Crippen LogP contribution in [0.3, 0.4) is 0 Å². The fourth-order valence-corrected chi connectivity index (χ4v) is 7.07. The second-order valence-corrected chi connectivity index (χ2v) is 10.9. The molecule has 6 aromatic rings. The van der Waals surface area contributed by atoms with Gasteiger partial charge in [-0.2, -0.15) is 36.4 Å². The molecular formula is C35H30NiOP+. The van der Waals surface area contributed by atoms with Gasteiger partial charge in [-0.05, 0) is 46.8 Å². The van der Waals surface area contributed by atoms with Crippen LogP contribution < -0.4 is 15.9 Å². The van der Waals surface area contributed by atoms with Crippen LogP contribution in [0.15, 0.2) is 152 Å². The van der Waals surface area contributed by atoms with E-state index in [1.54, 1.807) is 0 Å². The third-order valence-corrected chi connectivity index (χ3v) is 8.87. The van der Waals surface area contributed by atoms with Crippen molar-refractivity contribution >= 4 is 34.6 Å². The molecule has 0 atom stereocenters. The Bertz CT molecular complexity index is 1460. The fourth-order valence-electron chi connectivity index (χ4n) is 4.45. The fraction of sp³-hybridized carbons (Fsp3) is 0. The van der Waals surface area contributed by atoms with Crippen LogP contribution in [0.4, 0.5) is 0 Å². The maximum absolute atomic E-state index is 11.6. The van der Waals surface area contributed by atoms with Crippen LogP contribution in [0.25, 0.3) is 21.9 Å². The van der Waals surface area contributed by atoms with Crippen LogP contribution in [0.1, 0.15) is 0 Å². The summed E-state index contributed by atoms with van der Waals surface area (Å²) >= 11 is 0. The Kier molecular flexibility index (Phi) is 10.9. The van der Waals surface area contributed by atoms with Crippen molar-refractivity contribution in [1.29, 1.82) is 0 Å². The van der Waals surface area contributed by atoms with Crippen molar-refractivity contribution in [3.8, 4) is 16.9 Å². The topological polar surface area (TPSA) is 20.2 Å². The number of fused-ring (bicyclic) bond motifs is 1. The van der Waals surface area contributed by atoms with Gasteiger partial charge in [0, 0.05) is 5.39 Å². The second-order valence-electron chi connectivity index (χ2n) is 8.42. The predicted octanol–water partition coefficient (Wildman–Crippen LogP) is 7.64. The minimum atomic E-state index is -1.35. The van der Waals surface area contributed by atoms with E-state index in [4.69, 9.17) is 0 Å². The summed E-state index contributed by atoms with van der Waals surface area (Å²) in [6, 6.07) is 54.4. The maximum Gasteiger partial charge on any atom is 2.00 e. The first-order valence-corrected chi connectivity index (χ1v) is 13.5. The SMILES string of the molecule is Oc1c([PH+](c2ccccc2)c2ccccc2)ccc2cccc(-c3ccccc3)c12.[CH3-].[Ni+2].[c-]1ccccc1. The smallest absolute Gasteiger partial charge is 0.504 e. The molecule has 0 saturated carbocycles. The quantitative estimate of drug-likeness (QED) is 0.135. The number of hydrogen-bond acceptors (Lipinski definition) is 1. The van der Waals surface area contributed by atoms with Crippen LogP contribution in [0.2, 0.25) is 0 Å². The van der Waals surface area contributed by atoms with Crippen LogP contribution in [-0.4, -0.2) is 5.11 Å². The van der Waals surface area contributed by atoms with Gasteiger partial charge in [-0.3, -0.25) is 0 Å². The molecule has 0 aliphatic rings. The van der Waals surface area contributed by atoms with Crippen molar-refractivity contribution in [2.24, 2.45) is 0 Å². The number of benzene rings is 6. The summed E-state index contributed by atoms with van der Waals surface area (Å²) in [5.41, 5.74) is 2.18. The predicted molar refractivity (Wildman–Crippen MR) is 163 cm³/mol. The van der Waals surface area contributed by atoms with Gasteiger partial charge in [0.1, 0.15) is 23.8 Å². The second kappa shape index (κ2) is 14.3. The number of phenolic OH excluding ortho intramolecular Hbond substituents is 1. The monoisotopic (exact) mass is 555 g/mol. The Hall–Kier alpha value is -3.70. The van der Waals surface area contributed by atoms with E-state index in [0.29, 0.717) is 5.75 Å². The van der Waals surface area contributed by atoms with E-state index < -0.39 is 7.92 Å². The molecule has 0 saturated heterocycles. The van der Waals surface area contributed by atoms with Crippen molar-refractivity contribution in [2.45, 2.75) is 0 Å². The summed E-state index contributed by atoms with van der Waals surface area (Å²) < 4.78 is 0. The third-order valence-electron chi connectivity index (χ3n) is 6.10. The molecule has 38 heavy (non-hydrogen) atoms. The molecule has 0 fully saturated rings. The zero-order valence-corrected chi connectivity index (χ0v) is 23.2.